The molecule has 3 heteroatoms. The van der Waals surface area contributed by atoms with Crippen LogP contribution < -0.4 is 10.9 Å². The predicted octanol–water partition coefficient (Wildman–Crippen LogP) is 3.02. The Morgan fingerprint density at radius 2 is 1.31 bits per heavy atom. The fraction of sp³-hybridized carbons (Fsp3) is 1.00. The molecular formula is C10H26N2Si. The zero-order valence-electron chi connectivity index (χ0n) is 10.2. The molecule has 0 fully saturated rings. The van der Waals surface area contributed by atoms with Crippen molar-refractivity contribution in [1.29, 1.82) is 0 Å². The van der Waals surface area contributed by atoms with E-state index in [-0.39, 0.29) is 0 Å². The Hall–Kier alpha value is 0.137. The van der Waals surface area contributed by atoms with Crippen LogP contribution in [-0.2, 0) is 0 Å². The summed E-state index contributed by atoms with van der Waals surface area (Å²) in [5.41, 5.74) is 1.33. The first kappa shape index (κ1) is 13.1. The summed E-state index contributed by atoms with van der Waals surface area (Å²) in [6.45, 7) is 16.1. The SMILES string of the molecule is CC(C)[Si](NN)(C(C)C)C(C)(C)C. The van der Waals surface area contributed by atoms with Gasteiger partial charge in [0.05, 0.1) is 0 Å². The molecule has 0 saturated heterocycles. The first-order valence-corrected chi connectivity index (χ1v) is 7.33. The van der Waals surface area contributed by atoms with E-state index in [0.717, 1.165) is 0 Å². The highest BCUT2D eigenvalue weighted by Gasteiger charge is 2.49. The Bertz CT molecular complexity index is 151. The Labute approximate surface area is 84.3 Å². The summed E-state index contributed by atoms with van der Waals surface area (Å²) >= 11 is 0. The van der Waals surface area contributed by atoms with Crippen molar-refractivity contribution in [2.45, 2.75) is 64.6 Å². The summed E-state index contributed by atoms with van der Waals surface area (Å²) in [6.07, 6.45) is 0. The van der Waals surface area contributed by atoms with Gasteiger partial charge in [-0.1, -0.05) is 48.5 Å². The summed E-state index contributed by atoms with van der Waals surface area (Å²) < 4.78 is 0. The molecule has 2 nitrogen and oxygen atoms in total. The van der Waals surface area contributed by atoms with E-state index in [1.165, 1.54) is 0 Å². The summed E-state index contributed by atoms with van der Waals surface area (Å²) in [6, 6.07) is 0. The smallest absolute Gasteiger partial charge is 0.151 e. The highest BCUT2D eigenvalue weighted by atomic mass is 28.3. The van der Waals surface area contributed by atoms with Gasteiger partial charge >= 0.3 is 0 Å². The molecule has 0 amide bonds. The predicted molar refractivity (Wildman–Crippen MR) is 63.0 cm³/mol. The van der Waals surface area contributed by atoms with Crippen LogP contribution in [-0.4, -0.2) is 8.24 Å². The third-order valence-corrected chi connectivity index (χ3v) is 9.90. The van der Waals surface area contributed by atoms with Crippen molar-refractivity contribution in [3.63, 3.8) is 0 Å². The molecule has 0 aromatic rings. The molecule has 13 heavy (non-hydrogen) atoms. The monoisotopic (exact) mass is 202 g/mol. The first-order valence-electron chi connectivity index (χ1n) is 5.18. The molecule has 0 aromatic heterocycles. The van der Waals surface area contributed by atoms with Gasteiger partial charge in [-0.3, -0.25) is 10.9 Å². The molecule has 0 aliphatic rings. The van der Waals surface area contributed by atoms with Gasteiger partial charge in [-0.25, -0.2) is 0 Å². The zero-order chi connectivity index (χ0) is 10.9. The summed E-state index contributed by atoms with van der Waals surface area (Å²) in [5.74, 6) is 5.81. The molecule has 0 aliphatic heterocycles. The molecular weight excluding hydrogens is 176 g/mol. The maximum Gasteiger partial charge on any atom is 0.151 e. The second kappa shape index (κ2) is 4.11. The minimum absolute atomic E-state index is 0.310. The molecule has 0 bridgehead atoms. The topological polar surface area (TPSA) is 38.0 Å². The average Bonchev–Trinajstić information content (AvgIpc) is 1.83. The number of nitrogens with two attached hydrogens (primary N) is 1. The number of hydrogen-bond acceptors (Lipinski definition) is 2. The van der Waals surface area contributed by atoms with Gasteiger partial charge in [-0.15, -0.1) is 0 Å². The van der Waals surface area contributed by atoms with E-state index < -0.39 is 8.24 Å². The third kappa shape index (κ3) is 2.14. The lowest BCUT2D eigenvalue weighted by atomic mass is 10.2. The molecule has 0 spiro atoms. The normalized spacial score (nSPS) is 14.3. The molecule has 0 aromatic carbocycles. The first-order chi connectivity index (χ1) is 5.70. The van der Waals surface area contributed by atoms with Crippen LogP contribution in [0.3, 0.4) is 0 Å². The molecule has 0 unspecified atom stereocenters. The zero-order valence-corrected chi connectivity index (χ0v) is 11.2. The highest BCUT2D eigenvalue weighted by molar-refractivity contribution is 6.82. The van der Waals surface area contributed by atoms with Crippen LogP contribution in [0.5, 0.6) is 0 Å². The molecule has 0 aliphatic carbocycles. The summed E-state index contributed by atoms with van der Waals surface area (Å²) in [4.78, 5) is 0. The summed E-state index contributed by atoms with van der Waals surface area (Å²) in [5, 5.41) is 3.50. The van der Waals surface area contributed by atoms with Crippen molar-refractivity contribution < 1.29 is 0 Å². The van der Waals surface area contributed by atoms with Gasteiger partial charge in [0, 0.05) is 0 Å². The van der Waals surface area contributed by atoms with E-state index in [2.05, 4.69) is 53.6 Å². The molecule has 80 valence electrons. The van der Waals surface area contributed by atoms with E-state index in [0.29, 0.717) is 16.1 Å². The van der Waals surface area contributed by atoms with Gasteiger partial charge in [0.15, 0.2) is 8.24 Å². The maximum absolute atomic E-state index is 5.81. The van der Waals surface area contributed by atoms with Crippen molar-refractivity contribution in [2.24, 2.45) is 5.84 Å². The van der Waals surface area contributed by atoms with E-state index in [9.17, 15) is 0 Å². The fourth-order valence-electron chi connectivity index (χ4n) is 2.95. The number of rotatable bonds is 3. The standard InChI is InChI=1S/C10H26N2Si/c1-8(2)13(12-11,9(3)4)10(5,6)7/h8-9,12H,11H2,1-7H3. The van der Waals surface area contributed by atoms with Gasteiger partial charge in [0.1, 0.15) is 0 Å². The minimum Gasteiger partial charge on any atom is -0.280 e. The van der Waals surface area contributed by atoms with E-state index in [4.69, 9.17) is 5.84 Å². The van der Waals surface area contributed by atoms with Crippen LogP contribution in [0, 0.1) is 0 Å². The third-order valence-electron chi connectivity index (χ3n) is 3.30. The van der Waals surface area contributed by atoms with Crippen LogP contribution in [0.1, 0.15) is 48.5 Å². The Kier molecular flexibility index (Phi) is 4.15. The highest BCUT2D eigenvalue weighted by Crippen LogP contribution is 2.47. The second-order valence-electron chi connectivity index (χ2n) is 5.57. The Balaban J connectivity index is 5.12. The van der Waals surface area contributed by atoms with Crippen LogP contribution in [0.4, 0.5) is 0 Å². The molecule has 0 rings (SSSR count). The van der Waals surface area contributed by atoms with Crippen molar-refractivity contribution in [3.8, 4) is 0 Å². The van der Waals surface area contributed by atoms with Crippen LogP contribution in [0.2, 0.25) is 16.1 Å². The minimum atomic E-state index is -1.60. The molecule has 0 saturated carbocycles. The van der Waals surface area contributed by atoms with Gasteiger partial charge in [-0.05, 0) is 16.1 Å². The van der Waals surface area contributed by atoms with E-state index in [1.807, 2.05) is 0 Å². The second-order valence-corrected chi connectivity index (χ2v) is 11.4. The lowest BCUT2D eigenvalue weighted by Gasteiger charge is -2.48. The number of hydrazine groups is 1. The Morgan fingerprint density at radius 1 is 1.00 bits per heavy atom. The van der Waals surface area contributed by atoms with Crippen LogP contribution in [0.25, 0.3) is 0 Å². The molecule has 0 heterocycles. The largest absolute Gasteiger partial charge is 0.280 e. The van der Waals surface area contributed by atoms with Crippen molar-refractivity contribution in [3.05, 3.63) is 0 Å². The van der Waals surface area contributed by atoms with Crippen LogP contribution in [0.15, 0.2) is 0 Å². The van der Waals surface area contributed by atoms with Crippen molar-refractivity contribution in [2.75, 3.05) is 0 Å². The molecule has 0 radical (unpaired) electrons. The quantitative estimate of drug-likeness (QED) is 0.419. The number of nitrogens with one attached hydrogen (secondary N) is 1. The molecule has 0 atom stereocenters. The van der Waals surface area contributed by atoms with Crippen molar-refractivity contribution >= 4 is 8.24 Å². The lowest BCUT2D eigenvalue weighted by Crippen LogP contribution is -2.64. The Morgan fingerprint density at radius 3 is 1.31 bits per heavy atom. The summed E-state index contributed by atoms with van der Waals surface area (Å²) in [7, 11) is -1.60. The van der Waals surface area contributed by atoms with Gasteiger partial charge in [-0.2, -0.15) is 0 Å². The number of hydrogen-bond donors (Lipinski definition) is 2. The van der Waals surface area contributed by atoms with E-state index >= 15 is 0 Å². The fourth-order valence-corrected chi connectivity index (χ4v) is 8.85. The van der Waals surface area contributed by atoms with Gasteiger partial charge < -0.3 is 0 Å². The molecule has 3 N–H and O–H groups in total. The average molecular weight is 202 g/mol. The van der Waals surface area contributed by atoms with Gasteiger partial charge in [0.25, 0.3) is 0 Å². The van der Waals surface area contributed by atoms with Crippen LogP contribution >= 0.6 is 0 Å². The van der Waals surface area contributed by atoms with Gasteiger partial charge in [0.2, 0.25) is 0 Å². The maximum atomic E-state index is 5.81. The lowest BCUT2D eigenvalue weighted by molar-refractivity contribution is 0.622. The van der Waals surface area contributed by atoms with E-state index in [1.54, 1.807) is 0 Å². The van der Waals surface area contributed by atoms with Crippen molar-refractivity contribution in [1.82, 2.24) is 5.09 Å².